The van der Waals surface area contributed by atoms with Crippen molar-refractivity contribution in [1.82, 2.24) is 4.98 Å². The van der Waals surface area contributed by atoms with Crippen molar-refractivity contribution in [2.45, 2.75) is 0 Å². The summed E-state index contributed by atoms with van der Waals surface area (Å²) in [6.45, 7) is 0. The van der Waals surface area contributed by atoms with Crippen LogP contribution >= 0.6 is 11.6 Å². The zero-order chi connectivity index (χ0) is 17.3. The highest BCUT2D eigenvalue weighted by Crippen LogP contribution is 2.31. The number of nitro benzene ring substituents is 1. The zero-order valence-corrected chi connectivity index (χ0v) is 12.7. The molecule has 0 spiro atoms. The fourth-order valence-corrected chi connectivity index (χ4v) is 2.32. The van der Waals surface area contributed by atoms with E-state index in [4.69, 9.17) is 21.1 Å². The molecule has 8 heteroatoms. The maximum atomic E-state index is 11.0. The Balaban J connectivity index is 2.00. The highest BCUT2D eigenvalue weighted by molar-refractivity contribution is 6.32. The van der Waals surface area contributed by atoms with Crippen LogP contribution in [0.2, 0.25) is 5.02 Å². The molecule has 0 aliphatic heterocycles. The zero-order valence-electron chi connectivity index (χ0n) is 12.0. The third kappa shape index (κ3) is 2.97. The van der Waals surface area contributed by atoms with E-state index in [1.165, 1.54) is 30.5 Å². The van der Waals surface area contributed by atoms with Crippen LogP contribution in [-0.4, -0.2) is 21.0 Å². The van der Waals surface area contributed by atoms with E-state index in [1.54, 1.807) is 18.2 Å². The van der Waals surface area contributed by atoms with Crippen LogP contribution in [0.3, 0.4) is 0 Å². The summed E-state index contributed by atoms with van der Waals surface area (Å²) in [5, 5.41) is 20.0. The number of hydrogen-bond acceptors (Lipinski definition) is 5. The summed E-state index contributed by atoms with van der Waals surface area (Å²) >= 11 is 5.79. The van der Waals surface area contributed by atoms with Crippen LogP contribution in [-0.2, 0) is 0 Å². The van der Waals surface area contributed by atoms with Crippen LogP contribution in [0, 0.1) is 10.1 Å². The Kier molecular flexibility index (Phi) is 4.01. The number of benzene rings is 2. The quantitative estimate of drug-likeness (QED) is 0.559. The van der Waals surface area contributed by atoms with Gasteiger partial charge in [0.15, 0.2) is 0 Å². The van der Waals surface area contributed by atoms with Gasteiger partial charge in [-0.1, -0.05) is 23.7 Å². The average molecular weight is 345 g/mol. The number of aromatic carboxylic acids is 1. The molecule has 0 bridgehead atoms. The van der Waals surface area contributed by atoms with Gasteiger partial charge < -0.3 is 9.52 Å². The molecule has 120 valence electrons. The highest BCUT2D eigenvalue weighted by atomic mass is 35.5. The van der Waals surface area contributed by atoms with Gasteiger partial charge in [-0.15, -0.1) is 0 Å². The summed E-state index contributed by atoms with van der Waals surface area (Å²) < 4.78 is 5.36. The van der Waals surface area contributed by atoms with E-state index >= 15 is 0 Å². The van der Waals surface area contributed by atoms with Gasteiger partial charge in [0.2, 0.25) is 5.89 Å². The number of carboxylic acid groups (broad SMARTS) is 1. The molecule has 1 heterocycles. The maximum Gasteiger partial charge on any atom is 0.335 e. The minimum Gasteiger partial charge on any atom is -0.478 e. The highest BCUT2D eigenvalue weighted by Gasteiger charge is 2.16. The van der Waals surface area contributed by atoms with Gasteiger partial charge in [0.25, 0.3) is 5.69 Å². The molecule has 1 aromatic heterocycles. The van der Waals surface area contributed by atoms with Crippen molar-refractivity contribution >= 4 is 23.3 Å². The lowest BCUT2D eigenvalue weighted by atomic mass is 10.1. The second-order valence-corrected chi connectivity index (χ2v) is 5.25. The minimum absolute atomic E-state index is 0.0293. The molecule has 1 N–H and O–H groups in total. The Bertz CT molecular complexity index is 951. The number of hydrogen-bond donors (Lipinski definition) is 1. The van der Waals surface area contributed by atoms with Gasteiger partial charge in [-0.05, 0) is 24.3 Å². The van der Waals surface area contributed by atoms with Gasteiger partial charge in [0, 0.05) is 17.2 Å². The summed E-state index contributed by atoms with van der Waals surface area (Å²) in [7, 11) is 0. The van der Waals surface area contributed by atoms with Crippen LogP contribution in [0.1, 0.15) is 10.4 Å². The normalized spacial score (nSPS) is 10.5. The number of nitrogens with zero attached hydrogens (tertiary/aromatic N) is 2. The van der Waals surface area contributed by atoms with Crippen LogP contribution in [0.15, 0.2) is 53.1 Å². The lowest BCUT2D eigenvalue weighted by Gasteiger charge is -1.99. The van der Waals surface area contributed by atoms with Crippen molar-refractivity contribution in [2.24, 2.45) is 0 Å². The third-order valence-electron chi connectivity index (χ3n) is 3.30. The molecule has 0 aliphatic rings. The van der Waals surface area contributed by atoms with Crippen molar-refractivity contribution in [2.75, 3.05) is 0 Å². The van der Waals surface area contributed by atoms with E-state index in [1.807, 2.05) is 0 Å². The van der Waals surface area contributed by atoms with E-state index in [9.17, 15) is 14.9 Å². The molecule has 2 aromatic carbocycles. The SMILES string of the molecule is O=C(O)c1cccc(-c2nc(-c3ccc(Cl)c([N+](=O)[O-])c3)co2)c1. The summed E-state index contributed by atoms with van der Waals surface area (Å²) in [5.74, 6) is -0.845. The first kappa shape index (κ1) is 15.7. The van der Waals surface area contributed by atoms with Crippen LogP contribution in [0.5, 0.6) is 0 Å². The molecule has 3 rings (SSSR count). The van der Waals surface area contributed by atoms with Gasteiger partial charge in [0.05, 0.1) is 10.5 Å². The van der Waals surface area contributed by atoms with Crippen molar-refractivity contribution in [3.63, 3.8) is 0 Å². The van der Waals surface area contributed by atoms with Crippen molar-refractivity contribution in [1.29, 1.82) is 0 Å². The molecule has 0 radical (unpaired) electrons. The number of carboxylic acids is 1. The molecular formula is C16H9ClN2O5. The van der Waals surface area contributed by atoms with Gasteiger partial charge in [-0.2, -0.15) is 0 Å². The largest absolute Gasteiger partial charge is 0.478 e. The lowest BCUT2D eigenvalue weighted by Crippen LogP contribution is -1.95. The Hall–Kier alpha value is -3.19. The maximum absolute atomic E-state index is 11.0. The van der Waals surface area contributed by atoms with Gasteiger partial charge in [0.1, 0.15) is 17.0 Å². The topological polar surface area (TPSA) is 106 Å². The number of rotatable bonds is 4. The molecule has 24 heavy (non-hydrogen) atoms. The fourth-order valence-electron chi connectivity index (χ4n) is 2.14. The van der Waals surface area contributed by atoms with Crippen LogP contribution < -0.4 is 0 Å². The first-order chi connectivity index (χ1) is 11.5. The summed E-state index contributed by atoms with van der Waals surface area (Å²) in [5.41, 5.74) is 1.21. The van der Waals surface area contributed by atoms with E-state index in [0.29, 0.717) is 16.8 Å². The predicted molar refractivity (Wildman–Crippen MR) is 86.0 cm³/mol. The standard InChI is InChI=1S/C16H9ClN2O5/c17-12-5-4-9(7-14(12)19(22)23)13-8-24-15(18-13)10-2-1-3-11(6-10)16(20)21/h1-8H,(H,20,21). The van der Waals surface area contributed by atoms with E-state index in [2.05, 4.69) is 4.98 Å². The minimum atomic E-state index is -1.06. The number of nitro groups is 1. The first-order valence-corrected chi connectivity index (χ1v) is 7.07. The second-order valence-electron chi connectivity index (χ2n) is 4.85. The van der Waals surface area contributed by atoms with Gasteiger partial charge >= 0.3 is 5.97 Å². The molecule has 7 nitrogen and oxygen atoms in total. The number of aromatic nitrogens is 1. The molecule has 0 aliphatic carbocycles. The van der Waals surface area contributed by atoms with Crippen LogP contribution in [0.4, 0.5) is 5.69 Å². The molecule has 0 atom stereocenters. The van der Waals surface area contributed by atoms with Crippen LogP contribution in [0.25, 0.3) is 22.7 Å². The van der Waals surface area contributed by atoms with Crippen molar-refractivity contribution in [3.8, 4) is 22.7 Å². The molecule has 0 amide bonds. The molecule has 0 unspecified atom stereocenters. The lowest BCUT2D eigenvalue weighted by molar-refractivity contribution is -0.384. The second kappa shape index (κ2) is 6.13. The third-order valence-corrected chi connectivity index (χ3v) is 3.62. The Morgan fingerprint density at radius 3 is 2.71 bits per heavy atom. The predicted octanol–water partition coefficient (Wildman–Crippen LogP) is 4.27. The van der Waals surface area contributed by atoms with E-state index in [0.717, 1.165) is 0 Å². The number of halogens is 1. The average Bonchev–Trinajstić information content (AvgIpc) is 3.05. The Morgan fingerprint density at radius 1 is 1.21 bits per heavy atom. The molecule has 0 saturated carbocycles. The molecule has 3 aromatic rings. The first-order valence-electron chi connectivity index (χ1n) is 6.69. The van der Waals surface area contributed by atoms with Gasteiger partial charge in [-0.25, -0.2) is 9.78 Å². The number of carbonyl (C=O) groups is 1. The fraction of sp³-hybridized carbons (Fsp3) is 0. The van der Waals surface area contributed by atoms with Gasteiger partial charge in [-0.3, -0.25) is 10.1 Å². The number of oxazole rings is 1. The van der Waals surface area contributed by atoms with E-state index < -0.39 is 10.9 Å². The molecular weight excluding hydrogens is 336 g/mol. The molecule has 0 fully saturated rings. The summed E-state index contributed by atoms with van der Waals surface area (Å²) in [6.07, 6.45) is 1.34. The molecule has 0 saturated heterocycles. The van der Waals surface area contributed by atoms with Crippen molar-refractivity contribution in [3.05, 3.63) is 69.4 Å². The smallest absolute Gasteiger partial charge is 0.335 e. The van der Waals surface area contributed by atoms with Crippen molar-refractivity contribution < 1.29 is 19.2 Å². The van der Waals surface area contributed by atoms with E-state index in [-0.39, 0.29) is 22.2 Å². The Labute approximate surface area is 140 Å². The Morgan fingerprint density at radius 2 is 2.00 bits per heavy atom. The summed E-state index contributed by atoms with van der Waals surface area (Å²) in [6, 6.07) is 10.4. The monoisotopic (exact) mass is 344 g/mol. The summed E-state index contributed by atoms with van der Waals surface area (Å²) in [4.78, 5) is 25.6.